The third-order valence-electron chi connectivity index (χ3n) is 4.20. The molecule has 0 bridgehead atoms. The zero-order valence-corrected chi connectivity index (χ0v) is 12.4. The second kappa shape index (κ2) is 5.48. The molecule has 3 rings (SSSR count). The lowest BCUT2D eigenvalue weighted by Gasteiger charge is -2.29. The molecule has 0 heterocycles. The highest BCUT2D eigenvalue weighted by atomic mass is 19.3. The Labute approximate surface area is 130 Å². The number of carbonyl (C=O) groups is 1. The van der Waals surface area contributed by atoms with Crippen molar-refractivity contribution in [2.24, 2.45) is 0 Å². The Morgan fingerprint density at radius 1 is 1.09 bits per heavy atom. The van der Waals surface area contributed by atoms with Crippen molar-refractivity contribution in [3.8, 4) is 11.1 Å². The van der Waals surface area contributed by atoms with Gasteiger partial charge in [0.1, 0.15) is 11.6 Å². The van der Waals surface area contributed by atoms with E-state index in [1.165, 1.54) is 6.07 Å². The summed E-state index contributed by atoms with van der Waals surface area (Å²) in [4.78, 5) is 10.8. The molecule has 0 N–H and O–H groups in total. The van der Waals surface area contributed by atoms with Gasteiger partial charge in [-0.25, -0.2) is 17.6 Å². The highest BCUT2D eigenvalue weighted by Crippen LogP contribution is 2.47. The van der Waals surface area contributed by atoms with E-state index in [0.29, 0.717) is 18.4 Å². The monoisotopic (exact) mass is 322 g/mol. The number of rotatable bonds is 3. The second-order valence-electron chi connectivity index (χ2n) is 5.71. The number of carbonyl (C=O) groups excluding carboxylic acids is 1. The zero-order valence-electron chi connectivity index (χ0n) is 12.4. The molecule has 1 nitrogen and oxygen atoms in total. The fourth-order valence-electron chi connectivity index (χ4n) is 3.13. The van der Waals surface area contributed by atoms with Crippen molar-refractivity contribution in [1.29, 1.82) is 0 Å². The Morgan fingerprint density at radius 2 is 1.78 bits per heavy atom. The number of hydrogen-bond donors (Lipinski definition) is 0. The van der Waals surface area contributed by atoms with Gasteiger partial charge in [-0.3, -0.25) is 4.79 Å². The number of benzene rings is 2. The average molecular weight is 322 g/mol. The van der Waals surface area contributed by atoms with Crippen LogP contribution in [0, 0.1) is 11.6 Å². The van der Waals surface area contributed by atoms with Crippen molar-refractivity contribution in [3.05, 3.63) is 58.2 Å². The predicted octanol–water partition coefficient (Wildman–Crippen LogP) is 5.04. The molecule has 0 unspecified atom stereocenters. The minimum atomic E-state index is -3.56. The van der Waals surface area contributed by atoms with Crippen LogP contribution in [0.15, 0.2) is 24.3 Å². The molecule has 0 saturated heterocycles. The van der Waals surface area contributed by atoms with Gasteiger partial charge in [0, 0.05) is 12.0 Å². The third kappa shape index (κ3) is 2.35. The molecule has 2 aromatic carbocycles. The van der Waals surface area contributed by atoms with E-state index in [4.69, 9.17) is 0 Å². The van der Waals surface area contributed by atoms with Crippen LogP contribution in [0.4, 0.5) is 17.6 Å². The number of aryl methyl sites for hydroxylation is 1. The van der Waals surface area contributed by atoms with Crippen LogP contribution in [-0.4, -0.2) is 6.29 Å². The summed E-state index contributed by atoms with van der Waals surface area (Å²) in [5.41, 5.74) is -0.740. The first-order valence-corrected chi connectivity index (χ1v) is 7.37. The van der Waals surface area contributed by atoms with E-state index in [1.807, 2.05) is 6.92 Å². The second-order valence-corrected chi connectivity index (χ2v) is 5.71. The molecule has 0 spiro atoms. The van der Waals surface area contributed by atoms with Gasteiger partial charge in [0.15, 0.2) is 6.29 Å². The van der Waals surface area contributed by atoms with E-state index in [1.54, 1.807) is 12.1 Å². The van der Waals surface area contributed by atoms with Crippen LogP contribution in [0.3, 0.4) is 0 Å². The van der Waals surface area contributed by atoms with Crippen molar-refractivity contribution in [1.82, 2.24) is 0 Å². The molecular formula is C18H14F4O. The lowest BCUT2D eigenvalue weighted by Crippen LogP contribution is -2.26. The third-order valence-corrected chi connectivity index (χ3v) is 4.20. The molecule has 0 amide bonds. The first kappa shape index (κ1) is 15.7. The van der Waals surface area contributed by atoms with Crippen molar-refractivity contribution in [2.45, 2.75) is 32.1 Å². The maximum Gasteiger partial charge on any atom is 0.280 e. The fourth-order valence-corrected chi connectivity index (χ4v) is 3.13. The van der Waals surface area contributed by atoms with E-state index in [-0.39, 0.29) is 23.0 Å². The zero-order chi connectivity index (χ0) is 16.8. The van der Waals surface area contributed by atoms with Crippen LogP contribution < -0.4 is 0 Å². The normalized spacial score (nSPS) is 15.0. The van der Waals surface area contributed by atoms with Gasteiger partial charge in [-0.1, -0.05) is 31.5 Å². The number of hydrogen-bond acceptors (Lipinski definition) is 1. The highest BCUT2D eigenvalue weighted by Gasteiger charge is 2.43. The Kier molecular flexibility index (Phi) is 3.74. The largest absolute Gasteiger partial charge is 0.298 e. The van der Waals surface area contributed by atoms with Gasteiger partial charge >= 0.3 is 0 Å². The van der Waals surface area contributed by atoms with E-state index < -0.39 is 35.1 Å². The van der Waals surface area contributed by atoms with Crippen LogP contribution in [-0.2, 0) is 18.8 Å². The average Bonchev–Trinajstić information content (AvgIpc) is 2.50. The smallest absolute Gasteiger partial charge is 0.280 e. The highest BCUT2D eigenvalue weighted by molar-refractivity contribution is 5.82. The van der Waals surface area contributed by atoms with Gasteiger partial charge in [0.25, 0.3) is 5.92 Å². The van der Waals surface area contributed by atoms with Crippen molar-refractivity contribution in [3.63, 3.8) is 0 Å². The summed E-state index contributed by atoms with van der Waals surface area (Å²) in [6.07, 6.45) is 0.445. The van der Waals surface area contributed by atoms with E-state index in [9.17, 15) is 22.4 Å². The molecule has 0 fully saturated rings. The molecule has 1 aliphatic rings. The Balaban J connectivity index is 2.30. The molecule has 2 aromatic rings. The minimum absolute atomic E-state index is 0.0544. The molecule has 0 aromatic heterocycles. The van der Waals surface area contributed by atoms with Crippen LogP contribution in [0.25, 0.3) is 11.1 Å². The van der Waals surface area contributed by atoms with Crippen LogP contribution in [0.5, 0.6) is 0 Å². The van der Waals surface area contributed by atoms with Crippen molar-refractivity contribution < 1.29 is 22.4 Å². The van der Waals surface area contributed by atoms with Crippen LogP contribution in [0.2, 0.25) is 0 Å². The molecule has 0 saturated carbocycles. The summed E-state index contributed by atoms with van der Waals surface area (Å²) < 4.78 is 57.6. The Bertz CT molecular complexity index is 796. The van der Waals surface area contributed by atoms with Gasteiger partial charge in [-0.15, -0.1) is 0 Å². The quantitative estimate of drug-likeness (QED) is 0.571. The van der Waals surface area contributed by atoms with Crippen LogP contribution >= 0.6 is 0 Å². The van der Waals surface area contributed by atoms with E-state index >= 15 is 0 Å². The number of aldehydes is 1. The SMILES string of the molecule is CCCc1ccc2c(c1F)CC(F)(F)c1c-2ccc(C=O)c1F. The van der Waals surface area contributed by atoms with Crippen molar-refractivity contribution >= 4 is 6.29 Å². The lowest BCUT2D eigenvalue weighted by molar-refractivity contribution is -0.00920. The summed E-state index contributed by atoms with van der Waals surface area (Å²) >= 11 is 0. The number of halogens is 4. The van der Waals surface area contributed by atoms with Crippen molar-refractivity contribution in [2.75, 3.05) is 0 Å². The van der Waals surface area contributed by atoms with Gasteiger partial charge in [0.05, 0.1) is 11.1 Å². The Hall–Kier alpha value is -2.17. The molecule has 0 atom stereocenters. The first-order valence-electron chi connectivity index (χ1n) is 7.37. The van der Waals surface area contributed by atoms with Gasteiger partial charge in [-0.05, 0) is 29.2 Å². The Morgan fingerprint density at radius 3 is 2.43 bits per heavy atom. The van der Waals surface area contributed by atoms with Gasteiger partial charge < -0.3 is 0 Å². The standard InChI is InChI=1S/C18H14F4O/c1-2-3-10-4-6-12-13-7-5-11(9-23)17(20)15(13)18(21,22)8-14(12)16(10)19/h4-7,9H,2-3,8H2,1H3. The summed E-state index contributed by atoms with van der Waals surface area (Å²) in [6.45, 7) is 1.87. The molecule has 0 radical (unpaired) electrons. The molecule has 1 aliphatic carbocycles. The van der Waals surface area contributed by atoms with E-state index in [0.717, 1.165) is 6.07 Å². The molecule has 120 valence electrons. The summed E-state index contributed by atoms with van der Waals surface area (Å²) in [5, 5.41) is 0. The lowest BCUT2D eigenvalue weighted by atomic mass is 9.80. The molecular weight excluding hydrogens is 308 g/mol. The number of fused-ring (bicyclic) bond motifs is 3. The summed E-state index contributed by atoms with van der Waals surface area (Å²) in [6, 6.07) is 5.51. The van der Waals surface area contributed by atoms with E-state index in [2.05, 4.69) is 0 Å². The minimum Gasteiger partial charge on any atom is -0.298 e. The number of alkyl halides is 2. The topological polar surface area (TPSA) is 17.1 Å². The first-order chi connectivity index (χ1) is 10.9. The molecule has 23 heavy (non-hydrogen) atoms. The maximum atomic E-state index is 14.5. The van der Waals surface area contributed by atoms with Gasteiger partial charge in [-0.2, -0.15) is 0 Å². The maximum absolute atomic E-state index is 14.5. The molecule has 5 heteroatoms. The van der Waals surface area contributed by atoms with Crippen LogP contribution in [0.1, 0.15) is 40.4 Å². The summed E-state index contributed by atoms with van der Waals surface area (Å²) in [7, 11) is 0. The predicted molar refractivity (Wildman–Crippen MR) is 78.8 cm³/mol. The summed E-state index contributed by atoms with van der Waals surface area (Å²) in [5.74, 6) is -5.43. The fraction of sp³-hybridized carbons (Fsp3) is 0.278. The molecule has 0 aliphatic heterocycles. The van der Waals surface area contributed by atoms with Gasteiger partial charge in [0.2, 0.25) is 0 Å².